The predicted octanol–water partition coefficient (Wildman–Crippen LogP) is 3.04. The molecule has 84 valence electrons. The zero-order valence-electron chi connectivity index (χ0n) is 7.90. The highest BCUT2D eigenvalue weighted by Crippen LogP contribution is 2.40. The maximum atomic E-state index is 12.5. The predicted molar refractivity (Wildman–Crippen MR) is 52.7 cm³/mol. The number of hydrogen-bond donors (Lipinski definition) is 1. The fourth-order valence-electron chi connectivity index (χ4n) is 1.59. The summed E-state index contributed by atoms with van der Waals surface area (Å²) < 4.78 is 39.0. The van der Waals surface area contributed by atoms with Crippen molar-refractivity contribution in [1.29, 1.82) is 0 Å². The number of halogens is 4. The molecular formula is C8H9BrF3N3. The molecule has 0 amide bonds. The minimum Gasteiger partial charge on any atom is -0.369 e. The van der Waals surface area contributed by atoms with E-state index >= 15 is 0 Å². The van der Waals surface area contributed by atoms with Crippen LogP contribution in [0.15, 0.2) is 4.47 Å². The summed E-state index contributed by atoms with van der Waals surface area (Å²) in [6.07, 6.45) is -3.64. The molecule has 1 aliphatic heterocycles. The summed E-state index contributed by atoms with van der Waals surface area (Å²) in [5, 5.41) is 6.49. The van der Waals surface area contributed by atoms with Crippen molar-refractivity contribution >= 4 is 21.7 Å². The van der Waals surface area contributed by atoms with Crippen molar-refractivity contribution in [3.05, 3.63) is 10.2 Å². The van der Waals surface area contributed by atoms with E-state index in [1.54, 1.807) is 0 Å². The lowest BCUT2D eigenvalue weighted by Crippen LogP contribution is -2.21. The molecule has 15 heavy (non-hydrogen) atoms. The van der Waals surface area contributed by atoms with Crippen molar-refractivity contribution in [2.45, 2.75) is 25.6 Å². The average Bonchev–Trinajstić information content (AvgIpc) is 2.45. The van der Waals surface area contributed by atoms with Gasteiger partial charge in [0.2, 0.25) is 0 Å². The highest BCUT2D eigenvalue weighted by molar-refractivity contribution is 9.10. The summed E-state index contributed by atoms with van der Waals surface area (Å²) in [4.78, 5) is 0. The van der Waals surface area contributed by atoms with E-state index in [4.69, 9.17) is 0 Å². The zero-order chi connectivity index (χ0) is 11.2. The van der Waals surface area contributed by atoms with Crippen molar-refractivity contribution in [1.82, 2.24) is 9.78 Å². The minimum absolute atomic E-state index is 0.00144. The topological polar surface area (TPSA) is 29.9 Å². The Labute approximate surface area is 92.8 Å². The number of nitrogens with zero attached hydrogens (tertiary/aromatic N) is 2. The second kappa shape index (κ2) is 3.40. The van der Waals surface area contributed by atoms with E-state index in [2.05, 4.69) is 26.3 Å². The van der Waals surface area contributed by atoms with Gasteiger partial charge in [0.05, 0.1) is 10.5 Å². The van der Waals surface area contributed by atoms with Gasteiger partial charge in [-0.05, 0) is 29.3 Å². The number of aromatic nitrogens is 2. The first-order chi connectivity index (χ1) is 6.91. The van der Waals surface area contributed by atoms with Gasteiger partial charge in [0, 0.05) is 6.54 Å². The molecule has 0 fully saturated rings. The molecule has 0 aromatic carbocycles. The van der Waals surface area contributed by atoms with Crippen molar-refractivity contribution in [3.63, 3.8) is 0 Å². The first-order valence-electron chi connectivity index (χ1n) is 4.50. The van der Waals surface area contributed by atoms with Crippen LogP contribution in [0.1, 0.15) is 25.1 Å². The van der Waals surface area contributed by atoms with Gasteiger partial charge in [-0.2, -0.15) is 18.3 Å². The van der Waals surface area contributed by atoms with Crippen LogP contribution in [-0.4, -0.2) is 16.3 Å². The van der Waals surface area contributed by atoms with Gasteiger partial charge in [-0.15, -0.1) is 0 Å². The molecule has 1 aliphatic rings. The lowest BCUT2D eigenvalue weighted by Gasteiger charge is -2.22. The standard InChI is InChI=1S/C8H9BrF3N3/c1-4-2-3-13-7-5(9)6(8(10,11)12)14-15(4)7/h4,13H,2-3H2,1H3. The number of nitrogens with one attached hydrogen (secondary N) is 1. The molecule has 0 saturated carbocycles. The van der Waals surface area contributed by atoms with Gasteiger partial charge in [-0.1, -0.05) is 0 Å². The number of hydrogen-bond acceptors (Lipinski definition) is 2. The summed E-state index contributed by atoms with van der Waals surface area (Å²) >= 11 is 2.93. The van der Waals surface area contributed by atoms with E-state index in [1.807, 2.05) is 6.92 Å². The van der Waals surface area contributed by atoms with Crippen LogP contribution in [0, 0.1) is 0 Å². The SMILES string of the molecule is CC1CCNc2c(Br)c(C(F)(F)F)nn21. The van der Waals surface area contributed by atoms with E-state index in [0.29, 0.717) is 12.4 Å². The molecular weight excluding hydrogens is 275 g/mol. The molecule has 0 aliphatic carbocycles. The first-order valence-corrected chi connectivity index (χ1v) is 5.29. The smallest absolute Gasteiger partial charge is 0.369 e. The Hall–Kier alpha value is -0.720. The van der Waals surface area contributed by atoms with E-state index in [1.165, 1.54) is 4.68 Å². The normalized spacial score (nSPS) is 21.0. The molecule has 1 aromatic rings. The highest BCUT2D eigenvalue weighted by Gasteiger charge is 2.39. The summed E-state index contributed by atoms with van der Waals surface area (Å²) in [5.41, 5.74) is -0.862. The second-order valence-corrected chi connectivity index (χ2v) is 4.31. The summed E-state index contributed by atoms with van der Waals surface area (Å²) in [6.45, 7) is 2.52. The first kappa shape index (κ1) is 10.8. The quantitative estimate of drug-likeness (QED) is 0.793. The van der Waals surface area contributed by atoms with Crippen molar-refractivity contribution < 1.29 is 13.2 Å². The molecule has 2 heterocycles. The molecule has 0 bridgehead atoms. The second-order valence-electron chi connectivity index (χ2n) is 3.52. The molecule has 3 nitrogen and oxygen atoms in total. The van der Waals surface area contributed by atoms with Gasteiger partial charge in [0.15, 0.2) is 5.69 Å². The average molecular weight is 284 g/mol. The van der Waals surface area contributed by atoms with E-state index in [-0.39, 0.29) is 10.5 Å². The van der Waals surface area contributed by atoms with Crippen LogP contribution < -0.4 is 5.32 Å². The van der Waals surface area contributed by atoms with Crippen LogP contribution in [-0.2, 0) is 6.18 Å². The van der Waals surface area contributed by atoms with Crippen LogP contribution in [0.25, 0.3) is 0 Å². The molecule has 2 rings (SSSR count). The third-order valence-corrected chi connectivity index (χ3v) is 3.14. The Kier molecular flexibility index (Phi) is 2.44. The van der Waals surface area contributed by atoms with Gasteiger partial charge >= 0.3 is 6.18 Å². The van der Waals surface area contributed by atoms with Crippen LogP contribution in [0.2, 0.25) is 0 Å². The lowest BCUT2D eigenvalue weighted by atomic mass is 10.2. The Morgan fingerprint density at radius 1 is 1.53 bits per heavy atom. The maximum Gasteiger partial charge on any atom is 0.436 e. The Morgan fingerprint density at radius 2 is 2.20 bits per heavy atom. The largest absolute Gasteiger partial charge is 0.436 e. The van der Waals surface area contributed by atoms with Crippen molar-refractivity contribution in [2.75, 3.05) is 11.9 Å². The third kappa shape index (κ3) is 1.73. The molecule has 0 radical (unpaired) electrons. The van der Waals surface area contributed by atoms with Crippen LogP contribution in [0.3, 0.4) is 0 Å². The number of fused-ring (bicyclic) bond motifs is 1. The van der Waals surface area contributed by atoms with Crippen LogP contribution in [0.5, 0.6) is 0 Å². The molecule has 0 spiro atoms. The summed E-state index contributed by atoms with van der Waals surface area (Å²) in [5.74, 6) is 0.418. The molecule has 7 heteroatoms. The molecule has 1 unspecified atom stereocenters. The lowest BCUT2D eigenvalue weighted by molar-refractivity contribution is -0.142. The Bertz CT molecular complexity index is 385. The minimum atomic E-state index is -4.41. The maximum absolute atomic E-state index is 12.5. The van der Waals surface area contributed by atoms with Crippen LogP contribution in [0.4, 0.5) is 19.0 Å². The van der Waals surface area contributed by atoms with Crippen molar-refractivity contribution in [2.24, 2.45) is 0 Å². The molecule has 1 N–H and O–H groups in total. The molecule has 1 aromatic heterocycles. The van der Waals surface area contributed by atoms with E-state index in [0.717, 1.165) is 6.42 Å². The van der Waals surface area contributed by atoms with Gasteiger partial charge in [0.1, 0.15) is 5.82 Å². The third-order valence-electron chi connectivity index (χ3n) is 2.39. The van der Waals surface area contributed by atoms with Gasteiger partial charge in [-0.25, -0.2) is 4.68 Å². The summed E-state index contributed by atoms with van der Waals surface area (Å²) in [6, 6.07) is -0.00588. The fraction of sp³-hybridized carbons (Fsp3) is 0.625. The highest BCUT2D eigenvalue weighted by atomic mass is 79.9. The number of anilines is 1. The monoisotopic (exact) mass is 283 g/mol. The Morgan fingerprint density at radius 3 is 2.73 bits per heavy atom. The number of rotatable bonds is 0. The Balaban J connectivity index is 2.53. The van der Waals surface area contributed by atoms with Gasteiger partial charge in [-0.3, -0.25) is 0 Å². The van der Waals surface area contributed by atoms with Gasteiger partial charge in [0.25, 0.3) is 0 Å². The van der Waals surface area contributed by atoms with E-state index in [9.17, 15) is 13.2 Å². The van der Waals surface area contributed by atoms with Crippen molar-refractivity contribution in [3.8, 4) is 0 Å². The van der Waals surface area contributed by atoms with Crippen LogP contribution >= 0.6 is 15.9 Å². The van der Waals surface area contributed by atoms with E-state index < -0.39 is 11.9 Å². The summed E-state index contributed by atoms with van der Waals surface area (Å²) in [7, 11) is 0. The zero-order valence-corrected chi connectivity index (χ0v) is 9.48. The molecule has 1 atom stereocenters. The molecule has 0 saturated heterocycles. The number of alkyl halides is 3. The fourth-order valence-corrected chi connectivity index (χ4v) is 2.22. The van der Waals surface area contributed by atoms with Gasteiger partial charge < -0.3 is 5.32 Å².